The molecule has 49 heavy (non-hydrogen) atoms. The first-order valence-corrected chi connectivity index (χ1v) is 18.6. The summed E-state index contributed by atoms with van der Waals surface area (Å²) in [5.41, 5.74) is 0. The molecule has 0 aromatic carbocycles. The highest BCUT2D eigenvalue weighted by atomic mass is 32.3. The Morgan fingerprint density at radius 3 is 1.86 bits per heavy atom. The Bertz CT molecular complexity index is 1140. The van der Waals surface area contributed by atoms with Crippen molar-refractivity contribution in [3.8, 4) is 0 Å². The van der Waals surface area contributed by atoms with Crippen molar-refractivity contribution in [2.75, 3.05) is 26.4 Å². The van der Waals surface area contributed by atoms with Crippen molar-refractivity contribution in [3.05, 3.63) is 72.9 Å². The van der Waals surface area contributed by atoms with E-state index in [2.05, 4.69) is 84.0 Å². The summed E-state index contributed by atoms with van der Waals surface area (Å²) in [6.45, 7) is 3.39. The minimum absolute atomic E-state index is 0.0125. The van der Waals surface area contributed by atoms with Crippen LogP contribution < -0.4 is 0 Å². The summed E-state index contributed by atoms with van der Waals surface area (Å²) in [4.78, 5) is 12.3. The van der Waals surface area contributed by atoms with Gasteiger partial charge < -0.3 is 34.3 Å². The van der Waals surface area contributed by atoms with E-state index in [9.17, 15) is 28.5 Å². The van der Waals surface area contributed by atoms with Gasteiger partial charge in [-0.25, -0.2) is 4.18 Å². The van der Waals surface area contributed by atoms with Crippen LogP contribution in [0.25, 0.3) is 0 Å². The second-order valence-corrected chi connectivity index (χ2v) is 12.4. The number of hydrogen-bond donors (Lipinski definition) is 4. The Hall–Kier alpha value is -2.46. The normalized spacial score (nSPS) is 22.9. The SMILES string of the molecule is CC/C=C\C/C=C\C/C=C\C/C=C\C/C=C\C/C=C\CCCOCC(COC1OC(CO)C(O)C(OS(=O)(=O)O)C1O)OC(=O)CCCC. The summed E-state index contributed by atoms with van der Waals surface area (Å²) >= 11 is 0. The van der Waals surface area contributed by atoms with Crippen LogP contribution in [0.3, 0.4) is 0 Å². The highest BCUT2D eigenvalue weighted by molar-refractivity contribution is 7.80. The maximum Gasteiger partial charge on any atom is 0.397 e. The number of hydrogen-bond acceptors (Lipinski definition) is 11. The lowest BCUT2D eigenvalue weighted by molar-refractivity contribution is -0.301. The molecule has 0 bridgehead atoms. The van der Waals surface area contributed by atoms with Gasteiger partial charge in [0.05, 0.1) is 19.8 Å². The molecule has 0 aliphatic carbocycles. The third-order valence-electron chi connectivity index (χ3n) is 7.09. The Balaban J connectivity index is 2.39. The largest absolute Gasteiger partial charge is 0.457 e. The van der Waals surface area contributed by atoms with Gasteiger partial charge in [0.15, 0.2) is 6.29 Å². The molecular formula is C36H58O12S. The lowest BCUT2D eigenvalue weighted by atomic mass is 9.99. The van der Waals surface area contributed by atoms with Gasteiger partial charge in [-0.3, -0.25) is 9.35 Å². The molecular weight excluding hydrogens is 656 g/mol. The van der Waals surface area contributed by atoms with Crippen LogP contribution in [0, 0.1) is 0 Å². The van der Waals surface area contributed by atoms with Crippen molar-refractivity contribution >= 4 is 16.4 Å². The van der Waals surface area contributed by atoms with E-state index in [0.29, 0.717) is 13.0 Å². The zero-order valence-electron chi connectivity index (χ0n) is 29.0. The predicted octanol–water partition coefficient (Wildman–Crippen LogP) is 5.23. The van der Waals surface area contributed by atoms with E-state index in [0.717, 1.165) is 57.8 Å². The summed E-state index contributed by atoms with van der Waals surface area (Å²) in [5, 5.41) is 30.2. The second-order valence-electron chi connectivity index (χ2n) is 11.4. The second kappa shape index (κ2) is 28.3. The van der Waals surface area contributed by atoms with Crippen LogP contribution in [-0.4, -0.2) is 97.5 Å². The quantitative estimate of drug-likeness (QED) is 0.0378. The minimum atomic E-state index is -5.06. The van der Waals surface area contributed by atoms with Crippen LogP contribution in [0.4, 0.5) is 0 Å². The number of aliphatic hydroxyl groups is 3. The number of ether oxygens (including phenoxy) is 4. The first-order valence-electron chi connectivity index (χ1n) is 17.2. The number of rotatable bonds is 27. The van der Waals surface area contributed by atoms with Crippen LogP contribution in [0.15, 0.2) is 72.9 Å². The van der Waals surface area contributed by atoms with Gasteiger partial charge in [-0.2, -0.15) is 8.42 Å². The first-order chi connectivity index (χ1) is 23.6. The molecule has 0 radical (unpaired) electrons. The molecule has 1 aliphatic heterocycles. The lowest BCUT2D eigenvalue weighted by Crippen LogP contribution is -2.60. The smallest absolute Gasteiger partial charge is 0.397 e. The maximum absolute atomic E-state index is 12.3. The first kappa shape index (κ1) is 44.6. The summed E-state index contributed by atoms with van der Waals surface area (Å²) in [5.74, 6) is -0.460. The molecule has 1 fully saturated rings. The fourth-order valence-electron chi connectivity index (χ4n) is 4.49. The van der Waals surface area contributed by atoms with Crippen LogP contribution >= 0.6 is 0 Å². The standard InChI is InChI=1S/C36H58O12S/c1-3-5-7-8-9-10-11-12-13-14-15-16-17-18-19-20-21-22-23-24-26-44-28-30(46-32(38)25-6-4-2)29-45-36-34(40)35(48-49(41,42)43)33(39)31(27-37)47-36/h5,7,9-10,12-13,15-16,18-19,21-22,30-31,33-37,39-40H,3-4,6,8,11,14,17,20,23-29H2,1-2H3,(H,41,42,43)/b7-5-,10-9-,13-12-,16-15-,19-18-,22-21-. The van der Waals surface area contributed by atoms with Gasteiger partial charge in [-0.1, -0.05) is 93.2 Å². The molecule has 1 aliphatic rings. The van der Waals surface area contributed by atoms with Crippen molar-refractivity contribution in [1.82, 2.24) is 0 Å². The zero-order chi connectivity index (χ0) is 36.2. The van der Waals surface area contributed by atoms with E-state index in [1.165, 1.54) is 0 Å². The van der Waals surface area contributed by atoms with Gasteiger partial charge >= 0.3 is 16.4 Å². The summed E-state index contributed by atoms with van der Waals surface area (Å²) < 4.78 is 57.9. The Morgan fingerprint density at radius 1 is 0.796 bits per heavy atom. The molecule has 6 unspecified atom stereocenters. The molecule has 12 nitrogen and oxygen atoms in total. The van der Waals surface area contributed by atoms with Gasteiger partial charge in [-0.15, -0.1) is 0 Å². The number of aliphatic hydroxyl groups excluding tert-OH is 3. The minimum Gasteiger partial charge on any atom is -0.457 e. The molecule has 280 valence electrons. The van der Waals surface area contributed by atoms with Crippen LogP contribution in [0.1, 0.15) is 84.5 Å². The Kier molecular flexibility index (Phi) is 25.7. The number of carbonyl (C=O) groups is 1. The van der Waals surface area contributed by atoms with Gasteiger partial charge in [0.2, 0.25) is 0 Å². The summed E-state index contributed by atoms with van der Waals surface area (Å²) in [7, 11) is -5.06. The van der Waals surface area contributed by atoms with Crippen LogP contribution in [0.5, 0.6) is 0 Å². The molecule has 0 spiro atoms. The molecule has 4 N–H and O–H groups in total. The topological polar surface area (TPSA) is 178 Å². The van der Waals surface area contributed by atoms with Crippen LogP contribution in [0.2, 0.25) is 0 Å². The van der Waals surface area contributed by atoms with E-state index in [1.54, 1.807) is 0 Å². The summed E-state index contributed by atoms with van der Waals surface area (Å²) in [6.07, 6.45) is 25.3. The number of carbonyl (C=O) groups excluding carboxylic acids is 1. The molecule has 0 aromatic rings. The zero-order valence-corrected chi connectivity index (χ0v) is 29.8. The van der Waals surface area contributed by atoms with Gasteiger partial charge in [0.1, 0.15) is 30.5 Å². The maximum atomic E-state index is 12.3. The molecule has 0 aromatic heterocycles. The number of esters is 1. The van der Waals surface area contributed by atoms with Crippen molar-refractivity contribution < 1.29 is 56.2 Å². The molecule has 0 saturated carbocycles. The average molecular weight is 715 g/mol. The van der Waals surface area contributed by atoms with Gasteiger partial charge in [0.25, 0.3) is 0 Å². The van der Waals surface area contributed by atoms with Gasteiger partial charge in [-0.05, 0) is 57.8 Å². The molecule has 0 amide bonds. The Labute approximate surface area is 292 Å². The van der Waals surface area contributed by atoms with E-state index < -0.39 is 59.8 Å². The third-order valence-corrected chi connectivity index (χ3v) is 7.56. The fraction of sp³-hybridized carbons (Fsp3) is 0.639. The van der Waals surface area contributed by atoms with Crippen molar-refractivity contribution in [1.29, 1.82) is 0 Å². The predicted molar refractivity (Wildman–Crippen MR) is 188 cm³/mol. The van der Waals surface area contributed by atoms with Crippen molar-refractivity contribution in [2.45, 2.75) is 121 Å². The summed E-state index contributed by atoms with van der Waals surface area (Å²) in [6, 6.07) is 0. The molecule has 6 atom stereocenters. The van der Waals surface area contributed by atoms with E-state index >= 15 is 0 Å². The molecule has 1 heterocycles. The van der Waals surface area contributed by atoms with Crippen molar-refractivity contribution in [3.63, 3.8) is 0 Å². The molecule has 1 rings (SSSR count). The monoisotopic (exact) mass is 714 g/mol. The van der Waals surface area contributed by atoms with E-state index in [-0.39, 0.29) is 19.6 Å². The van der Waals surface area contributed by atoms with E-state index in [4.69, 9.17) is 23.5 Å². The lowest BCUT2D eigenvalue weighted by Gasteiger charge is -2.41. The molecule has 1 saturated heterocycles. The number of allylic oxidation sites excluding steroid dienone is 12. The average Bonchev–Trinajstić information content (AvgIpc) is 3.07. The van der Waals surface area contributed by atoms with Gasteiger partial charge in [0, 0.05) is 13.0 Å². The van der Waals surface area contributed by atoms with Crippen molar-refractivity contribution in [2.24, 2.45) is 0 Å². The fourth-order valence-corrected chi connectivity index (χ4v) is 5.00. The highest BCUT2D eigenvalue weighted by Crippen LogP contribution is 2.25. The Morgan fingerprint density at radius 2 is 1.35 bits per heavy atom. The highest BCUT2D eigenvalue weighted by Gasteiger charge is 2.48. The third kappa shape index (κ3) is 22.8. The van der Waals surface area contributed by atoms with E-state index in [1.807, 2.05) is 6.92 Å². The molecule has 13 heteroatoms. The van der Waals surface area contributed by atoms with Crippen LogP contribution in [-0.2, 0) is 38.3 Å². The number of unbranched alkanes of at least 4 members (excludes halogenated alkanes) is 2.